The SMILES string of the molecule is N#Cc1ccccc1OCC(=O)N/N=C/c1ccc(N2CCOCC2)cc1. The molecule has 7 nitrogen and oxygen atoms in total. The van der Waals surface area contributed by atoms with Crippen LogP contribution in [0, 0.1) is 11.3 Å². The van der Waals surface area contributed by atoms with Crippen molar-refractivity contribution < 1.29 is 14.3 Å². The van der Waals surface area contributed by atoms with E-state index in [1.165, 1.54) is 0 Å². The van der Waals surface area contributed by atoms with Crippen molar-refractivity contribution in [3.63, 3.8) is 0 Å². The van der Waals surface area contributed by atoms with E-state index in [1.54, 1.807) is 30.5 Å². The van der Waals surface area contributed by atoms with Crippen molar-refractivity contribution in [2.75, 3.05) is 37.8 Å². The fourth-order valence-electron chi connectivity index (χ4n) is 2.63. The monoisotopic (exact) mass is 364 g/mol. The van der Waals surface area contributed by atoms with Crippen LogP contribution in [0.3, 0.4) is 0 Å². The molecule has 1 N–H and O–H groups in total. The number of hydrogen-bond donors (Lipinski definition) is 1. The van der Waals surface area contributed by atoms with Crippen LogP contribution in [-0.2, 0) is 9.53 Å². The van der Waals surface area contributed by atoms with E-state index in [-0.39, 0.29) is 6.61 Å². The predicted molar refractivity (Wildman–Crippen MR) is 102 cm³/mol. The summed E-state index contributed by atoms with van der Waals surface area (Å²) in [6, 6.07) is 16.7. The molecule has 0 atom stereocenters. The van der Waals surface area contributed by atoms with Gasteiger partial charge in [-0.25, -0.2) is 5.43 Å². The van der Waals surface area contributed by atoms with Crippen LogP contribution in [0.15, 0.2) is 53.6 Å². The van der Waals surface area contributed by atoms with Crippen LogP contribution in [0.2, 0.25) is 0 Å². The Balaban J connectivity index is 1.47. The third-order valence-electron chi connectivity index (χ3n) is 4.04. The smallest absolute Gasteiger partial charge is 0.277 e. The number of carbonyl (C=O) groups is 1. The minimum Gasteiger partial charge on any atom is -0.482 e. The number of morpholine rings is 1. The lowest BCUT2D eigenvalue weighted by Gasteiger charge is -2.28. The first-order chi connectivity index (χ1) is 13.3. The zero-order valence-electron chi connectivity index (χ0n) is 14.8. The summed E-state index contributed by atoms with van der Waals surface area (Å²) in [5.41, 5.74) is 4.82. The molecule has 0 unspecified atom stereocenters. The molecule has 0 radical (unpaired) electrons. The van der Waals surface area contributed by atoms with Gasteiger partial charge >= 0.3 is 0 Å². The normalized spacial score (nSPS) is 14.0. The quantitative estimate of drug-likeness (QED) is 0.625. The molecule has 7 heteroatoms. The number of hydrogen-bond acceptors (Lipinski definition) is 6. The summed E-state index contributed by atoms with van der Waals surface area (Å²) in [5, 5.41) is 12.9. The van der Waals surface area contributed by atoms with Gasteiger partial charge in [-0.15, -0.1) is 0 Å². The van der Waals surface area contributed by atoms with E-state index >= 15 is 0 Å². The lowest BCUT2D eigenvalue weighted by atomic mass is 10.2. The maximum absolute atomic E-state index is 11.8. The van der Waals surface area contributed by atoms with Crippen molar-refractivity contribution in [1.29, 1.82) is 5.26 Å². The molecule has 1 heterocycles. The number of carbonyl (C=O) groups excluding carboxylic acids is 1. The summed E-state index contributed by atoms with van der Waals surface area (Å²) in [5.74, 6) is -0.0261. The maximum Gasteiger partial charge on any atom is 0.277 e. The molecule has 0 aliphatic carbocycles. The summed E-state index contributed by atoms with van der Waals surface area (Å²) in [6.07, 6.45) is 1.57. The van der Waals surface area contributed by atoms with Crippen LogP contribution in [0.1, 0.15) is 11.1 Å². The second-order valence-corrected chi connectivity index (χ2v) is 5.88. The first-order valence-corrected chi connectivity index (χ1v) is 8.63. The van der Waals surface area contributed by atoms with Crippen LogP contribution < -0.4 is 15.1 Å². The van der Waals surface area contributed by atoms with Crippen molar-refractivity contribution in [3.05, 3.63) is 59.7 Å². The van der Waals surface area contributed by atoms with Crippen molar-refractivity contribution in [2.24, 2.45) is 5.10 Å². The highest BCUT2D eigenvalue weighted by atomic mass is 16.5. The van der Waals surface area contributed by atoms with Gasteiger partial charge in [-0.05, 0) is 29.8 Å². The van der Waals surface area contributed by atoms with Crippen LogP contribution >= 0.6 is 0 Å². The van der Waals surface area contributed by atoms with Crippen LogP contribution in [-0.4, -0.2) is 45.0 Å². The summed E-state index contributed by atoms with van der Waals surface area (Å²) in [6.45, 7) is 3.05. The predicted octanol–water partition coefficient (Wildman–Crippen LogP) is 1.92. The minimum atomic E-state index is -0.399. The molecule has 2 aromatic rings. The summed E-state index contributed by atoms with van der Waals surface area (Å²) >= 11 is 0. The molecule has 3 rings (SSSR count). The van der Waals surface area contributed by atoms with Crippen LogP contribution in [0.4, 0.5) is 5.69 Å². The zero-order chi connectivity index (χ0) is 18.9. The molecule has 138 valence electrons. The number of rotatable bonds is 6. The third kappa shape index (κ3) is 5.30. The molecule has 1 fully saturated rings. The van der Waals surface area contributed by atoms with Gasteiger partial charge < -0.3 is 14.4 Å². The maximum atomic E-state index is 11.8. The average Bonchev–Trinajstić information content (AvgIpc) is 2.73. The Morgan fingerprint density at radius 2 is 1.96 bits per heavy atom. The Morgan fingerprint density at radius 3 is 2.70 bits per heavy atom. The largest absolute Gasteiger partial charge is 0.482 e. The first kappa shape index (κ1) is 18.4. The van der Waals surface area contributed by atoms with E-state index in [9.17, 15) is 4.79 Å². The zero-order valence-corrected chi connectivity index (χ0v) is 14.8. The molecule has 0 spiro atoms. The highest BCUT2D eigenvalue weighted by molar-refractivity contribution is 5.83. The lowest BCUT2D eigenvalue weighted by molar-refractivity contribution is -0.123. The van der Waals surface area contributed by atoms with E-state index in [0.717, 1.165) is 37.6 Å². The van der Waals surface area contributed by atoms with Crippen molar-refractivity contribution in [1.82, 2.24) is 5.43 Å². The van der Waals surface area contributed by atoms with Crippen molar-refractivity contribution in [2.45, 2.75) is 0 Å². The van der Waals surface area contributed by atoms with E-state index in [1.807, 2.05) is 30.3 Å². The molecular formula is C20H20N4O3. The number of amides is 1. The van der Waals surface area contributed by atoms with E-state index in [2.05, 4.69) is 15.4 Å². The molecule has 1 amide bonds. The number of nitrogens with one attached hydrogen (secondary N) is 1. The molecule has 27 heavy (non-hydrogen) atoms. The van der Waals surface area contributed by atoms with E-state index in [0.29, 0.717) is 11.3 Å². The molecule has 1 saturated heterocycles. The number of nitriles is 1. The second-order valence-electron chi connectivity index (χ2n) is 5.88. The van der Waals surface area contributed by atoms with Gasteiger partial charge in [0, 0.05) is 18.8 Å². The molecule has 1 aliphatic rings. The molecule has 2 aromatic carbocycles. The van der Waals surface area contributed by atoms with Crippen molar-refractivity contribution in [3.8, 4) is 11.8 Å². The first-order valence-electron chi connectivity index (χ1n) is 8.63. The van der Waals surface area contributed by atoms with Gasteiger partial charge in [-0.3, -0.25) is 4.79 Å². The topological polar surface area (TPSA) is 86.9 Å². The summed E-state index contributed by atoms with van der Waals surface area (Å²) < 4.78 is 10.7. The standard InChI is InChI=1S/C20H20N4O3/c21-13-17-3-1-2-4-19(17)27-15-20(25)23-22-14-16-5-7-18(8-6-16)24-9-11-26-12-10-24/h1-8,14H,9-12,15H2,(H,23,25)/b22-14+. The van der Waals surface area contributed by atoms with E-state index in [4.69, 9.17) is 14.7 Å². The number of ether oxygens (including phenoxy) is 2. The molecule has 1 aliphatic heterocycles. The molecular weight excluding hydrogens is 344 g/mol. The Bertz CT molecular complexity index is 837. The summed E-state index contributed by atoms with van der Waals surface area (Å²) in [7, 11) is 0. The van der Waals surface area contributed by atoms with Crippen LogP contribution in [0.25, 0.3) is 0 Å². The highest BCUT2D eigenvalue weighted by Gasteiger charge is 2.10. The van der Waals surface area contributed by atoms with Gasteiger partial charge in [-0.2, -0.15) is 10.4 Å². The fraction of sp³-hybridized carbons (Fsp3) is 0.250. The Hall–Kier alpha value is -3.37. The molecule has 0 bridgehead atoms. The minimum absolute atomic E-state index is 0.216. The van der Waals surface area contributed by atoms with Gasteiger partial charge in [0.1, 0.15) is 11.8 Å². The fourth-order valence-corrected chi connectivity index (χ4v) is 2.63. The van der Waals surface area contributed by atoms with Gasteiger partial charge in [0.15, 0.2) is 6.61 Å². The van der Waals surface area contributed by atoms with Gasteiger partial charge in [-0.1, -0.05) is 24.3 Å². The van der Waals surface area contributed by atoms with Gasteiger partial charge in [0.25, 0.3) is 5.91 Å². The lowest BCUT2D eigenvalue weighted by Crippen LogP contribution is -2.36. The average molecular weight is 364 g/mol. The highest BCUT2D eigenvalue weighted by Crippen LogP contribution is 2.17. The van der Waals surface area contributed by atoms with Crippen LogP contribution in [0.5, 0.6) is 5.75 Å². The van der Waals surface area contributed by atoms with Gasteiger partial charge in [0.2, 0.25) is 0 Å². The number of anilines is 1. The number of hydrazone groups is 1. The Kier molecular flexibility index (Phi) is 6.39. The summed E-state index contributed by atoms with van der Waals surface area (Å²) in [4.78, 5) is 14.1. The number of benzene rings is 2. The number of nitrogens with zero attached hydrogens (tertiary/aromatic N) is 3. The van der Waals surface area contributed by atoms with Gasteiger partial charge in [0.05, 0.1) is 25.0 Å². The second kappa shape index (κ2) is 9.36. The third-order valence-corrected chi connectivity index (χ3v) is 4.04. The molecule has 0 saturated carbocycles. The van der Waals surface area contributed by atoms with E-state index < -0.39 is 5.91 Å². The Labute approximate surface area is 157 Å². The molecule has 0 aromatic heterocycles. The Morgan fingerprint density at radius 1 is 1.22 bits per heavy atom. The van der Waals surface area contributed by atoms with Crippen molar-refractivity contribution >= 4 is 17.8 Å². The number of para-hydroxylation sites is 1.